The van der Waals surface area contributed by atoms with E-state index in [1.54, 1.807) is 6.92 Å². The van der Waals surface area contributed by atoms with Gasteiger partial charge in [0.05, 0.1) is 5.92 Å². The van der Waals surface area contributed by atoms with Gasteiger partial charge in [0.15, 0.2) is 0 Å². The molecule has 18 heavy (non-hydrogen) atoms. The second kappa shape index (κ2) is 6.64. The fourth-order valence-corrected chi connectivity index (χ4v) is 1.40. The third-order valence-corrected chi connectivity index (χ3v) is 2.53. The third-order valence-electron chi connectivity index (χ3n) is 2.53. The molecule has 0 spiro atoms. The van der Waals surface area contributed by atoms with E-state index in [2.05, 4.69) is 10.6 Å². The summed E-state index contributed by atoms with van der Waals surface area (Å²) in [7, 11) is 0. The highest BCUT2D eigenvalue weighted by molar-refractivity contribution is 5.75. The van der Waals surface area contributed by atoms with E-state index < -0.39 is 11.9 Å². The van der Waals surface area contributed by atoms with Crippen molar-refractivity contribution >= 4 is 12.0 Å². The van der Waals surface area contributed by atoms with E-state index in [0.717, 1.165) is 11.1 Å². The van der Waals surface area contributed by atoms with Gasteiger partial charge in [-0.15, -0.1) is 0 Å². The average Bonchev–Trinajstić information content (AvgIpc) is 2.33. The Hall–Kier alpha value is -2.04. The van der Waals surface area contributed by atoms with Gasteiger partial charge in [-0.3, -0.25) is 4.79 Å². The minimum atomic E-state index is -0.922. The third kappa shape index (κ3) is 4.86. The van der Waals surface area contributed by atoms with Crippen LogP contribution in [0.4, 0.5) is 4.79 Å². The highest BCUT2D eigenvalue weighted by atomic mass is 16.4. The summed E-state index contributed by atoms with van der Waals surface area (Å²) in [5.41, 5.74) is 2.14. The second-order valence-corrected chi connectivity index (χ2v) is 4.29. The number of rotatable bonds is 5. The number of aryl methyl sites for hydroxylation is 1. The molecule has 5 nitrogen and oxygen atoms in total. The summed E-state index contributed by atoms with van der Waals surface area (Å²) >= 11 is 0. The van der Waals surface area contributed by atoms with Crippen LogP contribution in [0, 0.1) is 12.8 Å². The van der Waals surface area contributed by atoms with Crippen LogP contribution in [0.15, 0.2) is 24.3 Å². The van der Waals surface area contributed by atoms with Gasteiger partial charge in [-0.05, 0) is 12.5 Å². The molecule has 1 aromatic carbocycles. The SMILES string of the molecule is Cc1cccc(CNC(=O)NCC(C)C(=O)O)c1. The van der Waals surface area contributed by atoms with E-state index in [9.17, 15) is 9.59 Å². The standard InChI is InChI=1S/C13H18N2O3/c1-9-4-3-5-11(6-9)8-15-13(18)14-7-10(2)12(16)17/h3-6,10H,7-8H2,1-2H3,(H,16,17)(H2,14,15,18). The van der Waals surface area contributed by atoms with Crippen LogP contribution < -0.4 is 10.6 Å². The highest BCUT2D eigenvalue weighted by Gasteiger charge is 2.11. The van der Waals surface area contributed by atoms with Gasteiger partial charge in [-0.2, -0.15) is 0 Å². The van der Waals surface area contributed by atoms with Crippen molar-refractivity contribution in [1.82, 2.24) is 10.6 Å². The molecule has 5 heteroatoms. The molecule has 1 atom stereocenters. The molecule has 1 rings (SSSR count). The summed E-state index contributed by atoms with van der Waals surface area (Å²) in [5, 5.41) is 13.9. The van der Waals surface area contributed by atoms with Crippen molar-refractivity contribution in [3.05, 3.63) is 35.4 Å². The highest BCUT2D eigenvalue weighted by Crippen LogP contribution is 2.03. The van der Waals surface area contributed by atoms with Crippen molar-refractivity contribution < 1.29 is 14.7 Å². The fourth-order valence-electron chi connectivity index (χ4n) is 1.40. The topological polar surface area (TPSA) is 78.4 Å². The number of hydrogen-bond donors (Lipinski definition) is 3. The molecular weight excluding hydrogens is 232 g/mol. The minimum absolute atomic E-state index is 0.120. The average molecular weight is 250 g/mol. The van der Waals surface area contributed by atoms with Gasteiger partial charge in [0.2, 0.25) is 0 Å². The number of amides is 2. The van der Waals surface area contributed by atoms with Gasteiger partial charge in [0.1, 0.15) is 0 Å². The number of hydrogen-bond acceptors (Lipinski definition) is 2. The zero-order valence-electron chi connectivity index (χ0n) is 10.6. The van der Waals surface area contributed by atoms with Crippen molar-refractivity contribution in [2.45, 2.75) is 20.4 Å². The number of urea groups is 1. The van der Waals surface area contributed by atoms with Crippen molar-refractivity contribution in [3.8, 4) is 0 Å². The zero-order valence-corrected chi connectivity index (χ0v) is 10.6. The lowest BCUT2D eigenvalue weighted by atomic mass is 10.1. The first-order chi connectivity index (χ1) is 8.49. The molecule has 0 aromatic heterocycles. The Morgan fingerprint density at radius 3 is 2.67 bits per heavy atom. The quantitative estimate of drug-likeness (QED) is 0.741. The summed E-state index contributed by atoms with van der Waals surface area (Å²) in [6.07, 6.45) is 0. The molecule has 1 aromatic rings. The Morgan fingerprint density at radius 2 is 2.06 bits per heavy atom. The van der Waals surface area contributed by atoms with E-state index in [-0.39, 0.29) is 12.6 Å². The van der Waals surface area contributed by atoms with Crippen molar-refractivity contribution in [3.63, 3.8) is 0 Å². The van der Waals surface area contributed by atoms with Crippen LogP contribution in [0.5, 0.6) is 0 Å². The summed E-state index contributed by atoms with van der Waals surface area (Å²) in [6, 6.07) is 7.46. The molecule has 0 aliphatic carbocycles. The molecule has 0 aliphatic heterocycles. The molecule has 0 fully saturated rings. The maximum absolute atomic E-state index is 11.4. The maximum Gasteiger partial charge on any atom is 0.315 e. The predicted octanol–water partition coefficient (Wildman–Crippen LogP) is 1.51. The number of carbonyl (C=O) groups is 2. The first-order valence-corrected chi connectivity index (χ1v) is 5.79. The lowest BCUT2D eigenvalue weighted by Crippen LogP contribution is -2.38. The lowest BCUT2D eigenvalue weighted by molar-refractivity contribution is -0.140. The molecule has 98 valence electrons. The van der Waals surface area contributed by atoms with E-state index in [1.807, 2.05) is 31.2 Å². The number of carbonyl (C=O) groups excluding carboxylic acids is 1. The van der Waals surface area contributed by atoms with Gasteiger partial charge in [0.25, 0.3) is 0 Å². The first kappa shape index (κ1) is 14.0. The molecule has 1 unspecified atom stereocenters. The summed E-state index contributed by atoms with van der Waals surface area (Å²) in [5.74, 6) is -1.51. The van der Waals surface area contributed by atoms with E-state index in [1.165, 1.54) is 0 Å². The monoisotopic (exact) mass is 250 g/mol. The van der Waals surface area contributed by atoms with Gasteiger partial charge >= 0.3 is 12.0 Å². The Labute approximate surface area is 106 Å². The van der Waals surface area contributed by atoms with Gasteiger partial charge in [-0.1, -0.05) is 36.8 Å². The van der Waals surface area contributed by atoms with Gasteiger partial charge in [0, 0.05) is 13.1 Å². The molecular formula is C13H18N2O3. The van der Waals surface area contributed by atoms with E-state index in [4.69, 9.17) is 5.11 Å². The Morgan fingerprint density at radius 1 is 1.33 bits per heavy atom. The lowest BCUT2D eigenvalue weighted by Gasteiger charge is -2.10. The Bertz CT molecular complexity index is 432. The second-order valence-electron chi connectivity index (χ2n) is 4.29. The number of aliphatic carboxylic acids is 1. The van der Waals surface area contributed by atoms with E-state index in [0.29, 0.717) is 6.54 Å². The first-order valence-electron chi connectivity index (χ1n) is 5.79. The summed E-state index contributed by atoms with van der Waals surface area (Å²) < 4.78 is 0. The predicted molar refractivity (Wildman–Crippen MR) is 68.2 cm³/mol. The van der Waals surface area contributed by atoms with Crippen molar-refractivity contribution in [2.75, 3.05) is 6.54 Å². The van der Waals surface area contributed by atoms with Crippen LogP contribution in [0.25, 0.3) is 0 Å². The van der Waals surface area contributed by atoms with Crippen LogP contribution in [0.2, 0.25) is 0 Å². The van der Waals surface area contributed by atoms with Gasteiger partial charge in [-0.25, -0.2) is 4.79 Å². The van der Waals surface area contributed by atoms with E-state index >= 15 is 0 Å². The van der Waals surface area contributed by atoms with Crippen LogP contribution in [0.3, 0.4) is 0 Å². The maximum atomic E-state index is 11.4. The van der Waals surface area contributed by atoms with Crippen molar-refractivity contribution in [1.29, 1.82) is 0 Å². The van der Waals surface area contributed by atoms with Crippen LogP contribution in [-0.2, 0) is 11.3 Å². The molecule has 0 saturated carbocycles. The number of carboxylic acids is 1. The molecule has 2 amide bonds. The number of nitrogens with one attached hydrogen (secondary N) is 2. The Balaban J connectivity index is 2.31. The molecule has 0 aliphatic rings. The normalized spacial score (nSPS) is 11.7. The molecule has 0 heterocycles. The molecule has 0 bridgehead atoms. The number of carboxylic acid groups (broad SMARTS) is 1. The molecule has 3 N–H and O–H groups in total. The van der Waals surface area contributed by atoms with Crippen LogP contribution >= 0.6 is 0 Å². The summed E-state index contributed by atoms with van der Waals surface area (Å²) in [4.78, 5) is 22.0. The fraction of sp³-hybridized carbons (Fsp3) is 0.385. The van der Waals surface area contributed by atoms with Crippen LogP contribution in [-0.4, -0.2) is 23.7 Å². The van der Waals surface area contributed by atoms with Gasteiger partial charge < -0.3 is 15.7 Å². The largest absolute Gasteiger partial charge is 0.481 e. The van der Waals surface area contributed by atoms with Crippen LogP contribution in [0.1, 0.15) is 18.1 Å². The molecule has 0 saturated heterocycles. The Kier molecular flexibility index (Phi) is 5.17. The zero-order chi connectivity index (χ0) is 13.5. The summed E-state index contributed by atoms with van der Waals surface area (Å²) in [6.45, 7) is 4.07. The molecule has 0 radical (unpaired) electrons. The smallest absolute Gasteiger partial charge is 0.315 e. The minimum Gasteiger partial charge on any atom is -0.481 e. The van der Waals surface area contributed by atoms with Crippen molar-refractivity contribution in [2.24, 2.45) is 5.92 Å². The number of benzene rings is 1.